The van der Waals surface area contributed by atoms with Crippen LogP contribution in [0, 0.1) is 0 Å². The quantitative estimate of drug-likeness (QED) is 0.925. The van der Waals surface area contributed by atoms with E-state index in [1.165, 1.54) is 5.69 Å². The van der Waals surface area contributed by atoms with Crippen LogP contribution < -0.4 is 4.90 Å². The van der Waals surface area contributed by atoms with E-state index in [1.807, 2.05) is 11.0 Å². The molecule has 2 fully saturated rings. The van der Waals surface area contributed by atoms with Crippen molar-refractivity contribution in [3.8, 4) is 0 Å². The third-order valence-electron chi connectivity index (χ3n) is 4.86. The highest BCUT2D eigenvalue weighted by molar-refractivity contribution is 7.99. The summed E-state index contributed by atoms with van der Waals surface area (Å²) in [6, 6.07) is 10.8. The Balaban J connectivity index is 1.57. The van der Waals surface area contributed by atoms with E-state index in [9.17, 15) is 9.90 Å². The van der Waals surface area contributed by atoms with Gasteiger partial charge in [-0.05, 0) is 37.1 Å². The molecule has 5 heteroatoms. The number of aliphatic hydroxyl groups is 1. The number of hydrogen-bond acceptors (Lipinski definition) is 4. The molecule has 0 aliphatic carbocycles. The molecule has 4 nitrogen and oxygen atoms in total. The standard InChI is InChI=1S/C17H24N2O2S/c1-18(14-5-3-2-4-6-14)15-7-10-19(11-8-15)16(20)17(21)9-12-22-13-17/h2-6,15,21H,7-13H2,1H3. The van der Waals surface area contributed by atoms with Crippen LogP contribution in [0.1, 0.15) is 19.3 Å². The molecule has 1 aromatic rings. The lowest BCUT2D eigenvalue weighted by molar-refractivity contribution is -0.149. The second-order valence-electron chi connectivity index (χ2n) is 6.30. The molecule has 0 radical (unpaired) electrons. The molecule has 0 aromatic heterocycles. The van der Waals surface area contributed by atoms with Crippen LogP contribution in [0.5, 0.6) is 0 Å². The second kappa shape index (κ2) is 6.50. The highest BCUT2D eigenvalue weighted by atomic mass is 32.2. The molecule has 1 N–H and O–H groups in total. The monoisotopic (exact) mass is 320 g/mol. The average molecular weight is 320 g/mol. The van der Waals surface area contributed by atoms with E-state index in [2.05, 4.69) is 36.2 Å². The van der Waals surface area contributed by atoms with E-state index in [0.717, 1.165) is 31.7 Å². The fraction of sp³-hybridized carbons (Fsp3) is 0.588. The number of amides is 1. The summed E-state index contributed by atoms with van der Waals surface area (Å²) in [5.41, 5.74) is 0.112. The summed E-state index contributed by atoms with van der Waals surface area (Å²) in [6.45, 7) is 1.49. The zero-order chi connectivity index (χ0) is 15.6. The molecular formula is C17H24N2O2S. The summed E-state index contributed by atoms with van der Waals surface area (Å²) in [5, 5.41) is 10.4. The first-order valence-electron chi connectivity index (χ1n) is 7.97. The van der Waals surface area contributed by atoms with Crippen molar-refractivity contribution in [3.63, 3.8) is 0 Å². The molecule has 2 aliphatic rings. The predicted octanol–water partition coefficient (Wildman–Crippen LogP) is 1.98. The van der Waals surface area contributed by atoms with Crippen molar-refractivity contribution in [2.75, 3.05) is 36.5 Å². The molecule has 1 atom stereocenters. The summed E-state index contributed by atoms with van der Waals surface area (Å²) in [5.74, 6) is 1.38. The number of anilines is 1. The van der Waals surface area contributed by atoms with Gasteiger partial charge in [0.1, 0.15) is 0 Å². The Labute approximate surface area is 136 Å². The van der Waals surface area contributed by atoms with Crippen LogP contribution in [-0.2, 0) is 4.79 Å². The Kier molecular flexibility index (Phi) is 4.64. The van der Waals surface area contributed by atoms with Crippen molar-refractivity contribution in [1.29, 1.82) is 0 Å². The Morgan fingerprint density at radius 3 is 2.59 bits per heavy atom. The van der Waals surface area contributed by atoms with E-state index >= 15 is 0 Å². The van der Waals surface area contributed by atoms with Gasteiger partial charge >= 0.3 is 0 Å². The number of piperidine rings is 1. The maximum absolute atomic E-state index is 12.5. The third-order valence-corrected chi connectivity index (χ3v) is 6.04. The molecule has 22 heavy (non-hydrogen) atoms. The van der Waals surface area contributed by atoms with Crippen LogP contribution in [-0.4, -0.2) is 59.2 Å². The number of benzene rings is 1. The number of para-hydroxylation sites is 1. The van der Waals surface area contributed by atoms with Gasteiger partial charge in [0.05, 0.1) is 0 Å². The van der Waals surface area contributed by atoms with Crippen molar-refractivity contribution < 1.29 is 9.90 Å². The predicted molar refractivity (Wildman–Crippen MR) is 91.3 cm³/mol. The topological polar surface area (TPSA) is 43.8 Å². The summed E-state index contributed by atoms with van der Waals surface area (Å²) in [4.78, 5) is 16.7. The number of likely N-dealkylation sites (tertiary alicyclic amines) is 1. The van der Waals surface area contributed by atoms with Gasteiger partial charge in [-0.2, -0.15) is 11.8 Å². The molecule has 1 unspecified atom stereocenters. The molecule has 0 spiro atoms. The van der Waals surface area contributed by atoms with E-state index in [-0.39, 0.29) is 5.91 Å². The van der Waals surface area contributed by atoms with Crippen molar-refractivity contribution >= 4 is 23.4 Å². The van der Waals surface area contributed by atoms with Crippen molar-refractivity contribution in [2.24, 2.45) is 0 Å². The van der Waals surface area contributed by atoms with Gasteiger partial charge in [0.25, 0.3) is 5.91 Å². The second-order valence-corrected chi connectivity index (χ2v) is 7.41. The lowest BCUT2D eigenvalue weighted by Gasteiger charge is -2.39. The first kappa shape index (κ1) is 15.7. The van der Waals surface area contributed by atoms with Crippen molar-refractivity contribution in [3.05, 3.63) is 30.3 Å². The van der Waals surface area contributed by atoms with E-state index in [0.29, 0.717) is 18.2 Å². The minimum Gasteiger partial charge on any atom is -0.379 e. The van der Waals surface area contributed by atoms with Gasteiger partial charge < -0.3 is 14.9 Å². The van der Waals surface area contributed by atoms with Gasteiger partial charge in [-0.25, -0.2) is 0 Å². The normalized spacial score (nSPS) is 26.2. The Morgan fingerprint density at radius 1 is 1.32 bits per heavy atom. The van der Waals surface area contributed by atoms with Crippen molar-refractivity contribution in [2.45, 2.75) is 30.9 Å². The average Bonchev–Trinajstić information content (AvgIpc) is 3.02. The van der Waals surface area contributed by atoms with E-state index in [4.69, 9.17) is 0 Å². The number of thioether (sulfide) groups is 1. The highest BCUT2D eigenvalue weighted by Gasteiger charge is 2.43. The Bertz CT molecular complexity index is 509. The van der Waals surface area contributed by atoms with Crippen LogP contribution in [0.25, 0.3) is 0 Å². The zero-order valence-electron chi connectivity index (χ0n) is 13.1. The van der Waals surface area contributed by atoms with Crippen LogP contribution in [0.2, 0.25) is 0 Å². The van der Waals surface area contributed by atoms with E-state index < -0.39 is 5.60 Å². The lowest BCUT2D eigenvalue weighted by Crippen LogP contribution is -2.53. The van der Waals surface area contributed by atoms with E-state index in [1.54, 1.807) is 11.8 Å². The molecule has 3 rings (SSSR count). The molecule has 2 saturated heterocycles. The SMILES string of the molecule is CN(c1ccccc1)C1CCN(C(=O)C2(O)CCSC2)CC1. The zero-order valence-corrected chi connectivity index (χ0v) is 13.9. The summed E-state index contributed by atoms with van der Waals surface area (Å²) >= 11 is 1.67. The van der Waals surface area contributed by atoms with Crippen molar-refractivity contribution in [1.82, 2.24) is 4.90 Å². The first-order chi connectivity index (χ1) is 10.6. The lowest BCUT2D eigenvalue weighted by atomic mass is 9.97. The summed E-state index contributed by atoms with van der Waals surface area (Å²) < 4.78 is 0. The van der Waals surface area contributed by atoms with Gasteiger partial charge in [-0.1, -0.05) is 18.2 Å². The third kappa shape index (κ3) is 3.10. The van der Waals surface area contributed by atoms with Gasteiger partial charge in [0.2, 0.25) is 0 Å². The number of hydrogen-bond donors (Lipinski definition) is 1. The first-order valence-corrected chi connectivity index (χ1v) is 9.13. The Hall–Kier alpha value is -1.20. The largest absolute Gasteiger partial charge is 0.379 e. The summed E-state index contributed by atoms with van der Waals surface area (Å²) in [6.07, 6.45) is 2.51. The molecule has 0 bridgehead atoms. The maximum atomic E-state index is 12.5. The number of carbonyl (C=O) groups excluding carboxylic acids is 1. The summed E-state index contributed by atoms with van der Waals surface area (Å²) in [7, 11) is 2.12. The minimum absolute atomic E-state index is 0.0571. The molecule has 120 valence electrons. The number of carbonyl (C=O) groups is 1. The van der Waals surface area contributed by atoms with Crippen LogP contribution in [0.4, 0.5) is 5.69 Å². The number of rotatable bonds is 3. The van der Waals surface area contributed by atoms with Gasteiger partial charge in [0, 0.05) is 37.6 Å². The fourth-order valence-electron chi connectivity index (χ4n) is 3.35. The molecular weight excluding hydrogens is 296 g/mol. The van der Waals surface area contributed by atoms with Gasteiger partial charge in [0.15, 0.2) is 5.60 Å². The van der Waals surface area contributed by atoms with Crippen LogP contribution >= 0.6 is 11.8 Å². The number of nitrogens with zero attached hydrogens (tertiary/aromatic N) is 2. The molecule has 2 heterocycles. The Morgan fingerprint density at radius 2 is 2.00 bits per heavy atom. The van der Waals surface area contributed by atoms with Crippen LogP contribution in [0.15, 0.2) is 30.3 Å². The van der Waals surface area contributed by atoms with Gasteiger partial charge in [-0.3, -0.25) is 4.79 Å². The molecule has 2 aliphatic heterocycles. The van der Waals surface area contributed by atoms with Crippen LogP contribution in [0.3, 0.4) is 0 Å². The molecule has 1 amide bonds. The molecule has 0 saturated carbocycles. The van der Waals surface area contributed by atoms with Gasteiger partial charge in [-0.15, -0.1) is 0 Å². The maximum Gasteiger partial charge on any atom is 0.255 e. The highest BCUT2D eigenvalue weighted by Crippen LogP contribution is 2.31. The minimum atomic E-state index is -1.11. The smallest absolute Gasteiger partial charge is 0.255 e. The fourth-order valence-corrected chi connectivity index (χ4v) is 4.58. The molecule has 1 aromatic carbocycles.